The fourth-order valence-electron chi connectivity index (χ4n) is 1.91. The van der Waals surface area contributed by atoms with E-state index in [0.717, 1.165) is 30.7 Å². The zero-order chi connectivity index (χ0) is 14.1. The predicted octanol–water partition coefficient (Wildman–Crippen LogP) is 0.693. The second-order valence-corrected chi connectivity index (χ2v) is 4.72. The van der Waals surface area contributed by atoms with Crippen LogP contribution in [0.2, 0.25) is 0 Å². The average Bonchev–Trinajstić information content (AvgIpc) is 2.43. The Morgan fingerprint density at radius 2 is 1.89 bits per heavy atom. The van der Waals surface area contributed by atoms with E-state index in [4.69, 9.17) is 0 Å². The Kier molecular flexibility index (Phi) is 7.55. The zero-order valence-corrected chi connectivity index (χ0v) is 11.8. The maximum Gasteiger partial charge on any atom is 0.0771 e. The molecule has 1 rings (SSSR count). The van der Waals surface area contributed by atoms with Crippen molar-refractivity contribution in [2.45, 2.75) is 51.7 Å². The van der Waals surface area contributed by atoms with Gasteiger partial charge in [0.25, 0.3) is 0 Å². The Hall–Kier alpha value is -1.04. The fraction of sp³-hybridized carbons (Fsp3) is 0.714. The van der Waals surface area contributed by atoms with Gasteiger partial charge in [0.1, 0.15) is 0 Å². The molecule has 0 aliphatic heterocycles. The second-order valence-electron chi connectivity index (χ2n) is 4.72. The third-order valence-corrected chi connectivity index (χ3v) is 3.09. The Balaban J connectivity index is 2.51. The number of nitrogens with zero attached hydrogens (tertiary/aromatic N) is 2. The Labute approximate surface area is 115 Å². The van der Waals surface area contributed by atoms with E-state index in [1.54, 1.807) is 12.4 Å². The number of likely N-dealkylation sites (N-methyl/N-ethyl adjacent to an activating group) is 1. The summed E-state index contributed by atoms with van der Waals surface area (Å²) in [4.78, 5) is 8.66. The number of nitrogens with one attached hydrogen (secondary N) is 1. The molecule has 5 nitrogen and oxygen atoms in total. The summed E-state index contributed by atoms with van der Waals surface area (Å²) in [6.45, 7) is 4.71. The highest BCUT2D eigenvalue weighted by molar-refractivity contribution is 5.04. The van der Waals surface area contributed by atoms with Crippen LogP contribution in [0.5, 0.6) is 0 Å². The van der Waals surface area contributed by atoms with E-state index >= 15 is 0 Å². The molecule has 0 spiro atoms. The topological polar surface area (TPSA) is 78.3 Å². The molecule has 2 atom stereocenters. The molecule has 0 aromatic carbocycles. The second kappa shape index (κ2) is 8.96. The maximum absolute atomic E-state index is 10.0. The van der Waals surface area contributed by atoms with Gasteiger partial charge in [0.2, 0.25) is 0 Å². The monoisotopic (exact) mass is 267 g/mol. The van der Waals surface area contributed by atoms with Gasteiger partial charge in [-0.3, -0.25) is 9.97 Å². The molecular formula is C14H25N3O2. The van der Waals surface area contributed by atoms with E-state index in [1.807, 2.05) is 6.92 Å². The van der Waals surface area contributed by atoms with Crippen molar-refractivity contribution in [3.63, 3.8) is 0 Å². The summed E-state index contributed by atoms with van der Waals surface area (Å²) in [5.74, 6) is 0. The first-order chi connectivity index (χ1) is 9.21. The van der Waals surface area contributed by atoms with E-state index < -0.39 is 6.10 Å². The van der Waals surface area contributed by atoms with Crippen molar-refractivity contribution in [3.8, 4) is 0 Å². The lowest BCUT2D eigenvalue weighted by atomic mass is 10.1. The molecule has 0 bridgehead atoms. The number of aliphatic hydroxyl groups excluding tert-OH is 2. The highest BCUT2D eigenvalue weighted by Crippen LogP contribution is 2.05. The summed E-state index contributed by atoms with van der Waals surface area (Å²) in [5.41, 5.74) is 1.74. The summed E-state index contributed by atoms with van der Waals surface area (Å²) in [6, 6.07) is -0.313. The molecule has 0 aliphatic rings. The van der Waals surface area contributed by atoms with Gasteiger partial charge in [-0.1, -0.05) is 20.3 Å². The number of unbranched alkanes of at least 4 members (excludes halogenated alkanes) is 1. The van der Waals surface area contributed by atoms with Gasteiger partial charge in [-0.25, -0.2) is 0 Å². The van der Waals surface area contributed by atoms with E-state index in [0.29, 0.717) is 13.0 Å². The van der Waals surface area contributed by atoms with E-state index in [1.165, 1.54) is 0 Å². The Morgan fingerprint density at radius 3 is 2.42 bits per heavy atom. The fourth-order valence-corrected chi connectivity index (χ4v) is 1.91. The molecule has 0 saturated carbocycles. The molecule has 0 amide bonds. The van der Waals surface area contributed by atoms with Crippen LogP contribution >= 0.6 is 0 Å². The highest BCUT2D eigenvalue weighted by atomic mass is 16.3. The summed E-state index contributed by atoms with van der Waals surface area (Å²) in [5, 5.41) is 22.2. The molecule has 0 radical (unpaired) electrons. The van der Waals surface area contributed by atoms with E-state index in [-0.39, 0.29) is 12.6 Å². The standard InChI is InChI=1S/C14H25N3O2/c1-3-5-6-11-8-17-12(9-16-11)7-14(19)13(10-18)15-4-2/h8-9,13-15,18-19H,3-7,10H2,1-2H3/t13-,14-/m1/s1. The number of aromatic nitrogens is 2. The lowest BCUT2D eigenvalue weighted by molar-refractivity contribution is 0.0904. The number of aliphatic hydroxyl groups is 2. The first-order valence-corrected chi connectivity index (χ1v) is 7.03. The third-order valence-electron chi connectivity index (χ3n) is 3.09. The van der Waals surface area contributed by atoms with Gasteiger partial charge in [0.05, 0.1) is 30.1 Å². The smallest absolute Gasteiger partial charge is 0.0771 e. The van der Waals surface area contributed by atoms with Gasteiger partial charge in [0.15, 0.2) is 0 Å². The molecule has 1 aromatic heterocycles. The highest BCUT2D eigenvalue weighted by Gasteiger charge is 2.18. The van der Waals surface area contributed by atoms with Crippen LogP contribution in [0.15, 0.2) is 12.4 Å². The van der Waals surface area contributed by atoms with Gasteiger partial charge in [-0.2, -0.15) is 0 Å². The molecule has 0 saturated heterocycles. The molecule has 19 heavy (non-hydrogen) atoms. The molecule has 1 aromatic rings. The van der Waals surface area contributed by atoms with Gasteiger partial charge < -0.3 is 15.5 Å². The van der Waals surface area contributed by atoms with Gasteiger partial charge in [-0.05, 0) is 19.4 Å². The van der Waals surface area contributed by atoms with Crippen LogP contribution in [0.1, 0.15) is 38.1 Å². The quantitative estimate of drug-likeness (QED) is 0.613. The van der Waals surface area contributed by atoms with Crippen LogP contribution in [0.25, 0.3) is 0 Å². The molecule has 5 heteroatoms. The molecule has 108 valence electrons. The summed E-state index contributed by atoms with van der Waals surface area (Å²) < 4.78 is 0. The molecule has 3 N–H and O–H groups in total. The Bertz CT molecular complexity index is 343. The van der Waals surface area contributed by atoms with Crippen LogP contribution < -0.4 is 5.32 Å². The summed E-state index contributed by atoms with van der Waals surface area (Å²) in [7, 11) is 0. The van der Waals surface area contributed by atoms with Crippen LogP contribution in [0.3, 0.4) is 0 Å². The first-order valence-electron chi connectivity index (χ1n) is 7.03. The molecule has 1 heterocycles. The number of rotatable bonds is 9. The van der Waals surface area contributed by atoms with Crippen LogP contribution in [0, 0.1) is 0 Å². The van der Waals surface area contributed by atoms with Crippen molar-refractivity contribution in [1.82, 2.24) is 15.3 Å². The predicted molar refractivity (Wildman–Crippen MR) is 74.9 cm³/mol. The maximum atomic E-state index is 10.0. The van der Waals surface area contributed by atoms with Crippen LogP contribution in [0.4, 0.5) is 0 Å². The third kappa shape index (κ3) is 5.63. The SMILES string of the molecule is CCCCc1cnc(C[C@@H](O)[C@@H](CO)NCC)cn1. The van der Waals surface area contributed by atoms with Gasteiger partial charge in [0, 0.05) is 18.8 Å². The minimum atomic E-state index is -0.652. The molecule has 0 aliphatic carbocycles. The molecule has 0 unspecified atom stereocenters. The van der Waals surface area contributed by atoms with Crippen molar-refractivity contribution in [3.05, 3.63) is 23.8 Å². The minimum Gasteiger partial charge on any atom is -0.395 e. The van der Waals surface area contributed by atoms with Crippen LogP contribution in [-0.4, -0.2) is 45.5 Å². The number of hydrogen-bond acceptors (Lipinski definition) is 5. The number of hydrogen-bond donors (Lipinski definition) is 3. The van der Waals surface area contributed by atoms with Crippen molar-refractivity contribution < 1.29 is 10.2 Å². The van der Waals surface area contributed by atoms with Gasteiger partial charge in [-0.15, -0.1) is 0 Å². The normalized spacial score (nSPS) is 14.3. The average molecular weight is 267 g/mol. The zero-order valence-electron chi connectivity index (χ0n) is 11.8. The van der Waals surface area contributed by atoms with Crippen molar-refractivity contribution in [1.29, 1.82) is 0 Å². The van der Waals surface area contributed by atoms with E-state index in [9.17, 15) is 10.2 Å². The van der Waals surface area contributed by atoms with Crippen molar-refractivity contribution >= 4 is 0 Å². The lowest BCUT2D eigenvalue weighted by Gasteiger charge is -2.21. The van der Waals surface area contributed by atoms with Crippen LogP contribution in [-0.2, 0) is 12.8 Å². The Morgan fingerprint density at radius 1 is 1.21 bits per heavy atom. The molecule has 0 fully saturated rings. The first kappa shape index (κ1) is 16.0. The van der Waals surface area contributed by atoms with Crippen molar-refractivity contribution in [2.24, 2.45) is 0 Å². The number of aryl methyl sites for hydroxylation is 1. The minimum absolute atomic E-state index is 0.0863. The lowest BCUT2D eigenvalue weighted by Crippen LogP contribution is -2.43. The summed E-state index contributed by atoms with van der Waals surface area (Å²) in [6.07, 6.45) is 6.45. The largest absolute Gasteiger partial charge is 0.395 e. The van der Waals surface area contributed by atoms with Gasteiger partial charge >= 0.3 is 0 Å². The van der Waals surface area contributed by atoms with E-state index in [2.05, 4.69) is 22.2 Å². The summed E-state index contributed by atoms with van der Waals surface area (Å²) >= 11 is 0. The molecular weight excluding hydrogens is 242 g/mol. The van der Waals surface area contributed by atoms with Crippen molar-refractivity contribution in [2.75, 3.05) is 13.2 Å².